The molecule has 0 radical (unpaired) electrons. The van der Waals surface area contributed by atoms with Crippen LogP contribution in [0.2, 0.25) is 0 Å². The van der Waals surface area contributed by atoms with E-state index in [1.165, 1.54) is 19.3 Å². The van der Waals surface area contributed by atoms with Crippen molar-refractivity contribution in [2.75, 3.05) is 6.54 Å². The summed E-state index contributed by atoms with van der Waals surface area (Å²) in [5, 5.41) is 11.7. The van der Waals surface area contributed by atoms with Crippen LogP contribution in [0.25, 0.3) is 0 Å². The molecule has 4 nitrogen and oxygen atoms in total. The quantitative estimate of drug-likeness (QED) is 0.696. The van der Waals surface area contributed by atoms with Gasteiger partial charge in [-0.3, -0.25) is 0 Å². The summed E-state index contributed by atoms with van der Waals surface area (Å²) in [6.45, 7) is 9.73. The summed E-state index contributed by atoms with van der Waals surface area (Å²) in [4.78, 5) is 0. The lowest BCUT2D eigenvalue weighted by Crippen LogP contribution is -2.36. The Morgan fingerprint density at radius 3 is 2.16 bits per heavy atom. The summed E-state index contributed by atoms with van der Waals surface area (Å²) in [6, 6.07) is 0. The molecule has 0 saturated carbocycles. The molecule has 0 bridgehead atoms. The summed E-state index contributed by atoms with van der Waals surface area (Å²) >= 11 is 0. The number of hydrogen-bond donors (Lipinski definition) is 1. The molecule has 0 amide bonds. The summed E-state index contributed by atoms with van der Waals surface area (Å²) in [5.74, 6) is 1.58. The van der Waals surface area contributed by atoms with Crippen LogP contribution in [-0.4, -0.2) is 22.3 Å². The Bertz CT molecular complexity index is 341. The first kappa shape index (κ1) is 16.2. The second-order valence-electron chi connectivity index (χ2n) is 6.18. The molecule has 0 spiro atoms. The van der Waals surface area contributed by atoms with E-state index in [4.69, 9.17) is 4.42 Å². The molecule has 0 aliphatic rings. The minimum Gasteiger partial charge on any atom is -0.425 e. The molecule has 4 heteroatoms. The largest absolute Gasteiger partial charge is 0.425 e. The summed E-state index contributed by atoms with van der Waals surface area (Å²) in [7, 11) is 0. The van der Waals surface area contributed by atoms with Gasteiger partial charge in [-0.2, -0.15) is 0 Å². The van der Waals surface area contributed by atoms with Gasteiger partial charge in [0.15, 0.2) is 0 Å². The summed E-state index contributed by atoms with van der Waals surface area (Å²) < 4.78 is 5.65. The van der Waals surface area contributed by atoms with Crippen molar-refractivity contribution in [3.63, 3.8) is 0 Å². The van der Waals surface area contributed by atoms with E-state index in [9.17, 15) is 0 Å². The molecule has 1 N–H and O–H groups in total. The van der Waals surface area contributed by atoms with E-state index < -0.39 is 0 Å². The van der Waals surface area contributed by atoms with Gasteiger partial charge in [-0.05, 0) is 40.2 Å². The van der Waals surface area contributed by atoms with Crippen LogP contribution in [0.3, 0.4) is 0 Å². The van der Waals surface area contributed by atoms with E-state index >= 15 is 0 Å². The highest BCUT2D eigenvalue weighted by atomic mass is 16.4. The summed E-state index contributed by atoms with van der Waals surface area (Å²) in [5.41, 5.74) is 0.180. The molecule has 0 saturated heterocycles. The fraction of sp³-hybridized carbons (Fsp3) is 0.867. The lowest BCUT2D eigenvalue weighted by molar-refractivity contribution is 0.403. The number of rotatable bonds is 9. The van der Waals surface area contributed by atoms with E-state index in [-0.39, 0.29) is 5.54 Å². The van der Waals surface area contributed by atoms with Gasteiger partial charge >= 0.3 is 0 Å². The van der Waals surface area contributed by atoms with Crippen LogP contribution >= 0.6 is 0 Å². The molecule has 110 valence electrons. The summed E-state index contributed by atoms with van der Waals surface area (Å²) in [6.07, 6.45) is 7.78. The molecule has 19 heavy (non-hydrogen) atoms. The number of nitrogens with zero attached hydrogens (tertiary/aromatic N) is 2. The lowest BCUT2D eigenvalue weighted by atomic mass is 10.1. The second kappa shape index (κ2) is 8.31. The second-order valence-corrected chi connectivity index (χ2v) is 6.18. The van der Waals surface area contributed by atoms with Crippen LogP contribution in [0, 0.1) is 0 Å². The molecular formula is C15H29N3O. The molecule has 0 unspecified atom stereocenters. The third-order valence-corrected chi connectivity index (χ3v) is 2.98. The smallest absolute Gasteiger partial charge is 0.216 e. The van der Waals surface area contributed by atoms with Crippen molar-refractivity contribution >= 4 is 0 Å². The van der Waals surface area contributed by atoms with Gasteiger partial charge in [0, 0.05) is 18.4 Å². The zero-order chi connectivity index (χ0) is 14.1. The normalized spacial score (nSPS) is 12.0. The average Bonchev–Trinajstić information content (AvgIpc) is 2.77. The zero-order valence-corrected chi connectivity index (χ0v) is 13.0. The molecule has 1 aromatic heterocycles. The van der Waals surface area contributed by atoms with Gasteiger partial charge in [0.25, 0.3) is 0 Å². The third-order valence-electron chi connectivity index (χ3n) is 2.98. The Labute approximate surface area is 117 Å². The highest BCUT2D eigenvalue weighted by Crippen LogP contribution is 2.08. The van der Waals surface area contributed by atoms with Gasteiger partial charge in [0.1, 0.15) is 0 Å². The Morgan fingerprint density at radius 1 is 0.947 bits per heavy atom. The molecule has 0 atom stereocenters. The highest BCUT2D eigenvalue weighted by Gasteiger charge is 2.09. The standard InChI is InChI=1S/C15H29N3O/c1-5-6-7-8-10-13-17-18-14(19-13)11-9-12-16-15(2,3)4/h16H,5-12H2,1-4H3. The highest BCUT2D eigenvalue weighted by molar-refractivity contribution is 4.83. The van der Waals surface area contributed by atoms with Crippen LogP contribution in [0.15, 0.2) is 4.42 Å². The van der Waals surface area contributed by atoms with E-state index in [0.29, 0.717) is 0 Å². The van der Waals surface area contributed by atoms with Crippen molar-refractivity contribution in [1.29, 1.82) is 0 Å². The topological polar surface area (TPSA) is 51.0 Å². The zero-order valence-electron chi connectivity index (χ0n) is 13.0. The predicted molar refractivity (Wildman–Crippen MR) is 78.2 cm³/mol. The van der Waals surface area contributed by atoms with Crippen molar-refractivity contribution < 1.29 is 4.42 Å². The van der Waals surface area contributed by atoms with Crippen LogP contribution in [-0.2, 0) is 12.8 Å². The maximum atomic E-state index is 5.65. The van der Waals surface area contributed by atoms with Crippen LogP contribution < -0.4 is 5.32 Å². The van der Waals surface area contributed by atoms with Crippen molar-refractivity contribution in [2.24, 2.45) is 0 Å². The molecule has 0 aliphatic heterocycles. The van der Waals surface area contributed by atoms with E-state index in [2.05, 4.69) is 43.2 Å². The minimum absolute atomic E-state index is 0.180. The number of aryl methyl sites for hydroxylation is 2. The molecule has 1 aromatic rings. The van der Waals surface area contributed by atoms with Gasteiger partial charge in [-0.15, -0.1) is 10.2 Å². The van der Waals surface area contributed by atoms with Crippen molar-refractivity contribution in [3.8, 4) is 0 Å². The average molecular weight is 267 g/mol. The van der Waals surface area contributed by atoms with E-state index in [1.54, 1.807) is 0 Å². The van der Waals surface area contributed by atoms with Gasteiger partial charge in [-0.1, -0.05) is 26.2 Å². The van der Waals surface area contributed by atoms with E-state index in [1.807, 2.05) is 0 Å². The van der Waals surface area contributed by atoms with Crippen LogP contribution in [0.5, 0.6) is 0 Å². The third kappa shape index (κ3) is 7.98. The Balaban J connectivity index is 2.16. The molecular weight excluding hydrogens is 238 g/mol. The number of hydrogen-bond acceptors (Lipinski definition) is 4. The first-order chi connectivity index (χ1) is 9.01. The molecule has 0 fully saturated rings. The Kier molecular flexibility index (Phi) is 7.06. The maximum Gasteiger partial charge on any atom is 0.216 e. The number of unbranched alkanes of at least 4 members (excludes halogenated alkanes) is 3. The molecule has 0 aliphatic carbocycles. The minimum atomic E-state index is 0.180. The number of aromatic nitrogens is 2. The van der Waals surface area contributed by atoms with Crippen LogP contribution in [0.1, 0.15) is 71.6 Å². The lowest BCUT2D eigenvalue weighted by Gasteiger charge is -2.19. The van der Waals surface area contributed by atoms with Crippen molar-refractivity contribution in [2.45, 2.75) is 78.2 Å². The van der Waals surface area contributed by atoms with Crippen LogP contribution in [0.4, 0.5) is 0 Å². The fourth-order valence-corrected chi connectivity index (χ4v) is 1.90. The number of nitrogens with one attached hydrogen (secondary N) is 1. The molecule has 0 aromatic carbocycles. The fourth-order valence-electron chi connectivity index (χ4n) is 1.90. The molecule has 1 heterocycles. The van der Waals surface area contributed by atoms with Crippen molar-refractivity contribution in [3.05, 3.63) is 11.8 Å². The first-order valence-corrected chi connectivity index (χ1v) is 7.57. The van der Waals surface area contributed by atoms with Gasteiger partial charge in [0.05, 0.1) is 0 Å². The monoisotopic (exact) mass is 267 g/mol. The Hall–Kier alpha value is -0.900. The van der Waals surface area contributed by atoms with Crippen molar-refractivity contribution in [1.82, 2.24) is 15.5 Å². The molecule has 1 rings (SSSR count). The maximum absolute atomic E-state index is 5.65. The first-order valence-electron chi connectivity index (χ1n) is 7.57. The van der Waals surface area contributed by atoms with E-state index in [0.717, 1.165) is 44.0 Å². The predicted octanol–water partition coefficient (Wildman–Crippen LogP) is 3.51. The van der Waals surface area contributed by atoms with Gasteiger partial charge in [0.2, 0.25) is 11.8 Å². The van der Waals surface area contributed by atoms with Gasteiger partial charge in [-0.25, -0.2) is 0 Å². The Morgan fingerprint density at radius 2 is 1.58 bits per heavy atom. The SMILES string of the molecule is CCCCCCc1nnc(CCCNC(C)(C)C)o1. The van der Waals surface area contributed by atoms with Gasteiger partial charge < -0.3 is 9.73 Å².